The van der Waals surface area contributed by atoms with Crippen LogP contribution in [0, 0.1) is 0 Å². The van der Waals surface area contributed by atoms with Crippen LogP contribution in [0.25, 0.3) is 0 Å². The van der Waals surface area contributed by atoms with Crippen molar-refractivity contribution in [3.8, 4) is 0 Å². The van der Waals surface area contributed by atoms with Crippen molar-refractivity contribution >= 4 is 13.8 Å². The van der Waals surface area contributed by atoms with Crippen LogP contribution in [0.5, 0.6) is 0 Å². The van der Waals surface area contributed by atoms with Crippen molar-refractivity contribution in [2.24, 2.45) is 0 Å². The van der Waals surface area contributed by atoms with E-state index in [-0.39, 0.29) is 13.0 Å². The lowest BCUT2D eigenvalue weighted by atomic mass is 9.85. The van der Waals surface area contributed by atoms with Crippen LogP contribution in [0.4, 0.5) is 0 Å². The number of carbonyl (C=O) groups is 1. The molecular weight excluding hydrogens is 787 g/mol. The quantitative estimate of drug-likeness (QED) is 0.0147. The Morgan fingerprint density at radius 3 is 1.32 bits per heavy atom. The van der Waals surface area contributed by atoms with Crippen molar-refractivity contribution < 1.29 is 58.3 Å². The number of carbonyl (C=O) groups excluding carboxylic acids is 1. The molecule has 0 radical (unpaired) electrons. The third-order valence-electron chi connectivity index (χ3n) is 11.6. The van der Waals surface area contributed by atoms with E-state index in [1.807, 2.05) is 0 Å². The van der Waals surface area contributed by atoms with Gasteiger partial charge in [-0.1, -0.05) is 187 Å². The fraction of sp³-hybridized carbons (Fsp3) is 0.936. The molecule has 6 N–H and O–H groups in total. The van der Waals surface area contributed by atoms with Crippen molar-refractivity contribution in [2.75, 3.05) is 19.8 Å². The Bertz CT molecular complexity index is 1050. The normalized spacial score (nSPS) is 22.3. The Labute approximate surface area is 365 Å². The van der Waals surface area contributed by atoms with Gasteiger partial charge in [-0.2, -0.15) is 0 Å². The summed E-state index contributed by atoms with van der Waals surface area (Å²) < 4.78 is 34.2. The summed E-state index contributed by atoms with van der Waals surface area (Å²) in [6.07, 6.45) is 29.9. The van der Waals surface area contributed by atoms with Crippen LogP contribution in [0.3, 0.4) is 0 Å². The second-order valence-corrected chi connectivity index (χ2v) is 18.7. The highest BCUT2D eigenvalue weighted by Crippen LogP contribution is 2.47. The third-order valence-corrected chi connectivity index (χ3v) is 12.6. The van der Waals surface area contributed by atoms with Crippen LogP contribution in [-0.4, -0.2) is 98.9 Å². The van der Waals surface area contributed by atoms with Gasteiger partial charge in [0, 0.05) is 13.0 Å². The van der Waals surface area contributed by atoms with E-state index >= 15 is 0 Å². The standard InChI is InChI=1S/C47H91O12P/c1-3-5-7-9-11-13-15-17-18-19-20-21-22-23-25-27-29-31-33-35-37-56-38-40(39-57-60(54,55)59-47-45(52)43(50)42(49)44(51)46(47)53)58-41(48)36-34-32-30-28-26-24-16-14-12-10-8-6-4-2/h17-18,40,42-47,49-53H,3-16,19-39H2,1-2H3,(H,54,55)/b18-17-. The van der Waals surface area contributed by atoms with Crippen LogP contribution < -0.4 is 0 Å². The summed E-state index contributed by atoms with van der Waals surface area (Å²) in [7, 11) is -5.01. The molecule has 0 aromatic heterocycles. The molecule has 60 heavy (non-hydrogen) atoms. The number of rotatable bonds is 42. The molecule has 0 amide bonds. The first-order chi connectivity index (χ1) is 29.0. The van der Waals surface area contributed by atoms with Gasteiger partial charge >= 0.3 is 13.8 Å². The molecule has 0 bridgehead atoms. The predicted octanol–water partition coefficient (Wildman–Crippen LogP) is 10.3. The van der Waals surface area contributed by atoms with Crippen molar-refractivity contribution in [2.45, 2.75) is 262 Å². The van der Waals surface area contributed by atoms with E-state index in [1.54, 1.807) is 0 Å². The first kappa shape index (κ1) is 57.1. The smallest absolute Gasteiger partial charge is 0.457 e. The van der Waals surface area contributed by atoms with Gasteiger partial charge in [0.05, 0.1) is 13.2 Å². The Morgan fingerprint density at radius 1 is 0.517 bits per heavy atom. The molecule has 356 valence electrons. The molecule has 0 saturated heterocycles. The SMILES string of the molecule is CCCCCCCC/C=C\CCCCCCCCCCCCOCC(COP(=O)(O)OC1C(O)C(O)C(O)C(O)C1O)OC(=O)CCCCCCCCCCCCCCC. The summed E-state index contributed by atoms with van der Waals surface area (Å²) in [6, 6.07) is 0. The molecule has 0 aromatic rings. The lowest BCUT2D eigenvalue weighted by molar-refractivity contribution is -0.220. The van der Waals surface area contributed by atoms with Gasteiger partial charge in [0.2, 0.25) is 0 Å². The van der Waals surface area contributed by atoms with Gasteiger partial charge in [-0.05, 0) is 38.5 Å². The number of hydrogen-bond acceptors (Lipinski definition) is 11. The monoisotopic (exact) mass is 879 g/mol. The van der Waals surface area contributed by atoms with Gasteiger partial charge < -0.3 is 39.9 Å². The van der Waals surface area contributed by atoms with E-state index in [0.717, 1.165) is 38.5 Å². The second-order valence-electron chi connectivity index (χ2n) is 17.3. The summed E-state index contributed by atoms with van der Waals surface area (Å²) in [6.45, 7) is 4.28. The maximum atomic E-state index is 12.8. The van der Waals surface area contributed by atoms with Crippen LogP contribution in [0.2, 0.25) is 0 Å². The van der Waals surface area contributed by atoms with Gasteiger partial charge in [0.25, 0.3) is 0 Å². The van der Waals surface area contributed by atoms with E-state index in [1.165, 1.54) is 154 Å². The lowest BCUT2D eigenvalue weighted by Gasteiger charge is -2.41. The molecule has 1 saturated carbocycles. The summed E-state index contributed by atoms with van der Waals surface area (Å²) in [5, 5.41) is 50.2. The Balaban J connectivity index is 2.33. The zero-order chi connectivity index (χ0) is 44.1. The van der Waals surface area contributed by atoms with Gasteiger partial charge in [-0.15, -0.1) is 0 Å². The number of allylic oxidation sites excluding steroid dienone is 2. The van der Waals surface area contributed by atoms with Crippen molar-refractivity contribution in [1.82, 2.24) is 0 Å². The van der Waals surface area contributed by atoms with Crippen LogP contribution in [0.1, 0.15) is 219 Å². The Kier molecular flexibility index (Phi) is 36.7. The molecule has 6 atom stereocenters. The first-order valence-corrected chi connectivity index (χ1v) is 26.0. The number of aliphatic hydroxyl groups excluding tert-OH is 5. The number of phosphoric ester groups is 1. The van der Waals surface area contributed by atoms with E-state index < -0.39 is 63.1 Å². The number of phosphoric acid groups is 1. The van der Waals surface area contributed by atoms with Crippen LogP contribution >= 0.6 is 7.82 Å². The minimum Gasteiger partial charge on any atom is -0.457 e. The Morgan fingerprint density at radius 2 is 0.883 bits per heavy atom. The van der Waals surface area contributed by atoms with E-state index in [9.17, 15) is 39.8 Å². The summed E-state index contributed by atoms with van der Waals surface area (Å²) in [5.74, 6) is -0.474. The molecule has 12 nitrogen and oxygen atoms in total. The average molecular weight is 879 g/mol. The van der Waals surface area contributed by atoms with Crippen molar-refractivity contribution in [1.29, 1.82) is 0 Å². The highest BCUT2D eigenvalue weighted by atomic mass is 31.2. The zero-order valence-corrected chi connectivity index (χ0v) is 38.9. The van der Waals surface area contributed by atoms with E-state index in [4.69, 9.17) is 18.5 Å². The molecule has 13 heteroatoms. The van der Waals surface area contributed by atoms with Crippen molar-refractivity contribution in [3.63, 3.8) is 0 Å². The lowest BCUT2D eigenvalue weighted by Crippen LogP contribution is -2.64. The Hall–Kier alpha value is -0.920. The number of aliphatic hydroxyl groups is 5. The first-order valence-electron chi connectivity index (χ1n) is 24.5. The number of unbranched alkanes of at least 4 members (excludes halogenated alkanes) is 28. The number of ether oxygens (including phenoxy) is 2. The van der Waals surface area contributed by atoms with Gasteiger partial charge in [-0.3, -0.25) is 13.8 Å². The van der Waals surface area contributed by atoms with E-state index in [0.29, 0.717) is 13.0 Å². The third kappa shape index (κ3) is 30.2. The topological polar surface area (TPSA) is 192 Å². The summed E-state index contributed by atoms with van der Waals surface area (Å²) >= 11 is 0. The van der Waals surface area contributed by atoms with Gasteiger partial charge in [-0.25, -0.2) is 4.57 Å². The zero-order valence-electron chi connectivity index (χ0n) is 38.0. The van der Waals surface area contributed by atoms with Crippen LogP contribution in [0.15, 0.2) is 12.2 Å². The fourth-order valence-electron chi connectivity index (χ4n) is 7.70. The summed E-state index contributed by atoms with van der Waals surface area (Å²) in [4.78, 5) is 23.2. The molecule has 0 spiro atoms. The summed E-state index contributed by atoms with van der Waals surface area (Å²) in [5.41, 5.74) is 0. The molecule has 1 aliphatic carbocycles. The molecule has 0 aromatic carbocycles. The van der Waals surface area contributed by atoms with E-state index in [2.05, 4.69) is 26.0 Å². The minimum absolute atomic E-state index is 0.0719. The van der Waals surface area contributed by atoms with Gasteiger partial charge in [0.1, 0.15) is 42.7 Å². The largest absolute Gasteiger partial charge is 0.472 e. The van der Waals surface area contributed by atoms with Crippen molar-refractivity contribution in [3.05, 3.63) is 12.2 Å². The maximum Gasteiger partial charge on any atom is 0.472 e. The fourth-order valence-corrected chi connectivity index (χ4v) is 8.68. The van der Waals surface area contributed by atoms with Crippen LogP contribution in [-0.2, 0) is 27.9 Å². The molecule has 0 aliphatic heterocycles. The molecule has 1 fully saturated rings. The average Bonchev–Trinajstić information content (AvgIpc) is 3.23. The highest BCUT2D eigenvalue weighted by Gasteiger charge is 2.51. The highest BCUT2D eigenvalue weighted by molar-refractivity contribution is 7.47. The molecule has 1 rings (SSSR count). The number of hydrogen-bond donors (Lipinski definition) is 6. The molecule has 1 aliphatic rings. The second kappa shape index (κ2) is 38.5. The van der Waals surface area contributed by atoms with Gasteiger partial charge in [0.15, 0.2) is 0 Å². The molecule has 6 unspecified atom stereocenters. The number of esters is 1. The minimum atomic E-state index is -5.01. The maximum absolute atomic E-state index is 12.8. The molecular formula is C47H91O12P. The predicted molar refractivity (Wildman–Crippen MR) is 240 cm³/mol. The molecule has 0 heterocycles.